The summed E-state index contributed by atoms with van der Waals surface area (Å²) in [7, 11) is 0. The average molecular weight is 398 g/mol. The summed E-state index contributed by atoms with van der Waals surface area (Å²) >= 11 is 0. The van der Waals surface area contributed by atoms with Crippen LogP contribution in [0, 0.1) is 18.7 Å². The van der Waals surface area contributed by atoms with Crippen molar-refractivity contribution in [3.8, 4) is 5.75 Å². The summed E-state index contributed by atoms with van der Waals surface area (Å²) in [6, 6.07) is 13.3. The van der Waals surface area contributed by atoms with E-state index in [1.807, 2.05) is 36.1 Å². The van der Waals surface area contributed by atoms with Crippen LogP contribution < -0.4 is 10.1 Å². The summed E-state index contributed by atoms with van der Waals surface area (Å²) in [5, 5.41) is 2.86. The van der Waals surface area contributed by atoms with E-state index < -0.39 is 0 Å². The smallest absolute Gasteiger partial charge is 0.257 e. The van der Waals surface area contributed by atoms with Crippen LogP contribution in [0.3, 0.4) is 0 Å². The van der Waals surface area contributed by atoms with E-state index in [0.29, 0.717) is 18.2 Å². The molecule has 1 aliphatic rings. The zero-order chi connectivity index (χ0) is 20.6. The minimum Gasteiger partial charge on any atom is -0.484 e. The highest BCUT2D eigenvalue weighted by molar-refractivity contribution is 5.94. The first-order valence-electron chi connectivity index (χ1n) is 10.0. The van der Waals surface area contributed by atoms with Crippen molar-refractivity contribution >= 4 is 11.8 Å². The van der Waals surface area contributed by atoms with Gasteiger partial charge in [-0.25, -0.2) is 4.39 Å². The molecule has 0 spiro atoms. The molecule has 3 rings (SSSR count). The molecule has 1 aliphatic heterocycles. The Labute approximate surface area is 170 Å². The predicted octanol–water partition coefficient (Wildman–Crippen LogP) is 3.57. The lowest BCUT2D eigenvalue weighted by Crippen LogP contribution is -2.39. The van der Waals surface area contributed by atoms with Crippen LogP contribution in [0.1, 0.15) is 35.2 Å². The minimum absolute atomic E-state index is 0.0882. The molecule has 1 fully saturated rings. The second-order valence-corrected chi connectivity index (χ2v) is 7.48. The van der Waals surface area contributed by atoms with Gasteiger partial charge < -0.3 is 15.0 Å². The Bertz CT molecular complexity index is 813. The van der Waals surface area contributed by atoms with Crippen molar-refractivity contribution in [2.24, 2.45) is 5.92 Å². The molecular formula is C23H27FN2O3. The summed E-state index contributed by atoms with van der Waals surface area (Å²) in [4.78, 5) is 26.4. The molecule has 2 aromatic rings. The Morgan fingerprint density at radius 3 is 2.38 bits per heavy atom. The van der Waals surface area contributed by atoms with Gasteiger partial charge in [0.2, 0.25) is 0 Å². The van der Waals surface area contributed by atoms with E-state index in [4.69, 9.17) is 4.74 Å². The molecule has 0 unspecified atom stereocenters. The van der Waals surface area contributed by atoms with Crippen molar-refractivity contribution < 1.29 is 18.7 Å². The maximum absolute atomic E-state index is 12.8. The maximum atomic E-state index is 12.8. The molecule has 0 bridgehead atoms. The lowest BCUT2D eigenvalue weighted by molar-refractivity contribution is -0.123. The first-order valence-corrected chi connectivity index (χ1v) is 10.0. The lowest BCUT2D eigenvalue weighted by atomic mass is 9.93. The van der Waals surface area contributed by atoms with Crippen LogP contribution in [0.5, 0.6) is 5.75 Å². The number of likely N-dealkylation sites (tertiary alicyclic amines) is 1. The molecule has 0 atom stereocenters. The standard InChI is InChI=1S/C23H27FN2O3/c1-17-2-4-19(5-3-17)23(28)26-14-11-18(12-15-26)10-13-25-22(27)16-29-21-8-6-20(24)7-9-21/h2-9,18H,10-16H2,1H3,(H,25,27). The summed E-state index contributed by atoms with van der Waals surface area (Å²) in [5.74, 6) is 0.520. The number of carbonyl (C=O) groups is 2. The van der Waals surface area contributed by atoms with Crippen LogP contribution in [-0.2, 0) is 4.79 Å². The van der Waals surface area contributed by atoms with Gasteiger partial charge in [-0.1, -0.05) is 17.7 Å². The summed E-state index contributed by atoms with van der Waals surface area (Å²) in [5.41, 5.74) is 1.88. The van der Waals surface area contributed by atoms with Gasteiger partial charge in [-0.2, -0.15) is 0 Å². The number of nitrogens with one attached hydrogen (secondary N) is 1. The van der Waals surface area contributed by atoms with E-state index in [-0.39, 0.29) is 24.2 Å². The Morgan fingerprint density at radius 2 is 1.72 bits per heavy atom. The van der Waals surface area contributed by atoms with E-state index in [1.54, 1.807) is 0 Å². The average Bonchev–Trinajstić information content (AvgIpc) is 2.74. The Morgan fingerprint density at radius 1 is 1.07 bits per heavy atom. The number of hydrogen-bond acceptors (Lipinski definition) is 3. The van der Waals surface area contributed by atoms with Crippen LogP contribution in [0.4, 0.5) is 4.39 Å². The highest BCUT2D eigenvalue weighted by Crippen LogP contribution is 2.21. The van der Waals surface area contributed by atoms with E-state index in [1.165, 1.54) is 24.3 Å². The van der Waals surface area contributed by atoms with E-state index in [0.717, 1.165) is 43.5 Å². The molecule has 2 aromatic carbocycles. The van der Waals surface area contributed by atoms with Gasteiger partial charge in [0, 0.05) is 25.2 Å². The zero-order valence-electron chi connectivity index (χ0n) is 16.7. The lowest BCUT2D eigenvalue weighted by Gasteiger charge is -2.32. The number of benzene rings is 2. The fourth-order valence-corrected chi connectivity index (χ4v) is 3.45. The molecule has 1 N–H and O–H groups in total. The van der Waals surface area contributed by atoms with Gasteiger partial charge >= 0.3 is 0 Å². The molecule has 2 amide bonds. The number of hydrogen-bond donors (Lipinski definition) is 1. The third-order valence-corrected chi connectivity index (χ3v) is 5.26. The van der Waals surface area contributed by atoms with E-state index in [9.17, 15) is 14.0 Å². The number of amides is 2. The van der Waals surface area contributed by atoms with Crippen molar-refractivity contribution in [2.75, 3.05) is 26.2 Å². The van der Waals surface area contributed by atoms with Crippen molar-refractivity contribution in [1.29, 1.82) is 0 Å². The van der Waals surface area contributed by atoms with Gasteiger partial charge in [-0.15, -0.1) is 0 Å². The molecular weight excluding hydrogens is 371 g/mol. The quantitative estimate of drug-likeness (QED) is 0.776. The molecule has 0 radical (unpaired) electrons. The van der Waals surface area contributed by atoms with Crippen molar-refractivity contribution in [3.05, 3.63) is 65.5 Å². The molecule has 5 nitrogen and oxygen atoms in total. The minimum atomic E-state index is -0.339. The SMILES string of the molecule is Cc1ccc(C(=O)N2CCC(CCNC(=O)COc3ccc(F)cc3)CC2)cc1. The fourth-order valence-electron chi connectivity index (χ4n) is 3.45. The number of ether oxygens (including phenoxy) is 1. The van der Waals surface area contributed by atoms with Gasteiger partial charge in [-0.3, -0.25) is 9.59 Å². The summed E-state index contributed by atoms with van der Waals surface area (Å²) < 4.78 is 18.2. The van der Waals surface area contributed by atoms with Crippen LogP contribution in [0.25, 0.3) is 0 Å². The summed E-state index contributed by atoms with van der Waals surface area (Å²) in [6.07, 6.45) is 2.77. The highest BCUT2D eigenvalue weighted by atomic mass is 19.1. The van der Waals surface area contributed by atoms with Gasteiger partial charge in [0.05, 0.1) is 0 Å². The molecule has 29 heavy (non-hydrogen) atoms. The fraction of sp³-hybridized carbons (Fsp3) is 0.391. The molecule has 0 aliphatic carbocycles. The van der Waals surface area contributed by atoms with Crippen LogP contribution in [0.15, 0.2) is 48.5 Å². The molecule has 6 heteroatoms. The van der Waals surface area contributed by atoms with Crippen LogP contribution >= 0.6 is 0 Å². The number of aryl methyl sites for hydroxylation is 1. The molecule has 1 heterocycles. The van der Waals surface area contributed by atoms with Crippen molar-refractivity contribution in [3.63, 3.8) is 0 Å². The van der Waals surface area contributed by atoms with E-state index >= 15 is 0 Å². The zero-order valence-corrected chi connectivity index (χ0v) is 16.7. The third kappa shape index (κ3) is 6.31. The topological polar surface area (TPSA) is 58.6 Å². The van der Waals surface area contributed by atoms with Gasteiger partial charge in [0.15, 0.2) is 6.61 Å². The third-order valence-electron chi connectivity index (χ3n) is 5.26. The molecule has 154 valence electrons. The second kappa shape index (κ2) is 10.0. The van der Waals surface area contributed by atoms with Gasteiger partial charge in [0.25, 0.3) is 11.8 Å². The number of halogens is 1. The monoisotopic (exact) mass is 398 g/mol. The van der Waals surface area contributed by atoms with E-state index in [2.05, 4.69) is 5.32 Å². The Balaban J connectivity index is 1.32. The van der Waals surface area contributed by atoms with Crippen molar-refractivity contribution in [2.45, 2.75) is 26.2 Å². The summed E-state index contributed by atoms with van der Waals surface area (Å²) in [6.45, 7) is 4.00. The molecule has 1 saturated heterocycles. The van der Waals surface area contributed by atoms with Gasteiger partial charge in [-0.05, 0) is 68.5 Å². The number of carbonyl (C=O) groups excluding carboxylic acids is 2. The highest BCUT2D eigenvalue weighted by Gasteiger charge is 2.23. The largest absolute Gasteiger partial charge is 0.484 e. The maximum Gasteiger partial charge on any atom is 0.257 e. The molecule has 0 saturated carbocycles. The van der Waals surface area contributed by atoms with Crippen molar-refractivity contribution in [1.82, 2.24) is 10.2 Å². The first kappa shape index (κ1) is 20.8. The second-order valence-electron chi connectivity index (χ2n) is 7.48. The normalized spacial score (nSPS) is 14.5. The van der Waals surface area contributed by atoms with Crippen LogP contribution in [-0.4, -0.2) is 43.0 Å². The number of rotatable bonds is 7. The Kier molecular flexibility index (Phi) is 7.22. The predicted molar refractivity (Wildman–Crippen MR) is 109 cm³/mol. The van der Waals surface area contributed by atoms with Crippen LogP contribution in [0.2, 0.25) is 0 Å². The number of nitrogens with zero attached hydrogens (tertiary/aromatic N) is 1. The van der Waals surface area contributed by atoms with Gasteiger partial charge in [0.1, 0.15) is 11.6 Å². The number of piperidine rings is 1. The molecule has 0 aromatic heterocycles. The first-order chi connectivity index (χ1) is 14.0. The Hall–Kier alpha value is -2.89.